The first-order valence-corrected chi connectivity index (χ1v) is 7.54. The number of ether oxygens (including phenoxy) is 1. The standard InChI is InChI=1S/C16H25FN2O/c1-2-8-20-15-4-3-7-19(12-15)11-14-6-5-13(10-18)9-16(14)17/h5-6,9,15H,2-4,7-8,10-12,18H2,1H3. The van der Waals surface area contributed by atoms with Crippen molar-refractivity contribution in [1.29, 1.82) is 0 Å². The van der Waals surface area contributed by atoms with Crippen LogP contribution < -0.4 is 5.73 Å². The molecule has 3 nitrogen and oxygen atoms in total. The Hall–Kier alpha value is -0.970. The number of nitrogens with zero attached hydrogens (tertiary/aromatic N) is 1. The van der Waals surface area contributed by atoms with Crippen LogP contribution in [0.15, 0.2) is 18.2 Å². The van der Waals surface area contributed by atoms with Crippen molar-refractivity contribution in [3.63, 3.8) is 0 Å². The molecule has 0 amide bonds. The molecular formula is C16H25FN2O. The molecule has 2 N–H and O–H groups in total. The summed E-state index contributed by atoms with van der Waals surface area (Å²) in [5.41, 5.74) is 7.11. The lowest BCUT2D eigenvalue weighted by molar-refractivity contribution is -0.00247. The SMILES string of the molecule is CCCOC1CCCN(Cc2ccc(CN)cc2F)C1. The second kappa shape index (κ2) is 7.72. The third kappa shape index (κ3) is 4.27. The van der Waals surface area contributed by atoms with Gasteiger partial charge in [0.05, 0.1) is 6.10 Å². The predicted octanol–water partition coefficient (Wildman–Crippen LogP) is 2.68. The molecular weight excluding hydrogens is 255 g/mol. The van der Waals surface area contributed by atoms with Crippen LogP contribution in [0.3, 0.4) is 0 Å². The molecule has 1 fully saturated rings. The number of halogens is 1. The molecule has 1 heterocycles. The van der Waals surface area contributed by atoms with Crippen molar-refractivity contribution in [1.82, 2.24) is 4.90 Å². The van der Waals surface area contributed by atoms with E-state index in [0.717, 1.165) is 50.1 Å². The molecule has 4 heteroatoms. The number of piperidine rings is 1. The van der Waals surface area contributed by atoms with E-state index in [0.29, 0.717) is 19.2 Å². The summed E-state index contributed by atoms with van der Waals surface area (Å²) in [4.78, 5) is 2.28. The van der Waals surface area contributed by atoms with Gasteiger partial charge in [-0.15, -0.1) is 0 Å². The predicted molar refractivity (Wildman–Crippen MR) is 78.8 cm³/mol. The fraction of sp³-hybridized carbons (Fsp3) is 0.625. The number of rotatable bonds is 6. The van der Waals surface area contributed by atoms with Crippen LogP contribution in [-0.4, -0.2) is 30.7 Å². The minimum absolute atomic E-state index is 0.149. The number of benzene rings is 1. The minimum Gasteiger partial charge on any atom is -0.377 e. The Morgan fingerprint density at radius 1 is 1.45 bits per heavy atom. The summed E-state index contributed by atoms with van der Waals surface area (Å²) in [7, 11) is 0. The van der Waals surface area contributed by atoms with E-state index in [2.05, 4.69) is 11.8 Å². The zero-order valence-corrected chi connectivity index (χ0v) is 12.3. The highest BCUT2D eigenvalue weighted by Crippen LogP contribution is 2.18. The average molecular weight is 280 g/mol. The molecule has 1 aliphatic rings. The smallest absolute Gasteiger partial charge is 0.128 e. The van der Waals surface area contributed by atoms with Crippen molar-refractivity contribution in [2.24, 2.45) is 5.73 Å². The van der Waals surface area contributed by atoms with Gasteiger partial charge < -0.3 is 10.5 Å². The molecule has 20 heavy (non-hydrogen) atoms. The molecule has 1 saturated heterocycles. The molecule has 1 atom stereocenters. The van der Waals surface area contributed by atoms with E-state index in [-0.39, 0.29) is 5.82 Å². The maximum absolute atomic E-state index is 14.0. The monoisotopic (exact) mass is 280 g/mol. The van der Waals surface area contributed by atoms with Gasteiger partial charge in [-0.3, -0.25) is 4.90 Å². The first-order chi connectivity index (χ1) is 9.72. The van der Waals surface area contributed by atoms with Crippen molar-refractivity contribution in [2.45, 2.75) is 45.4 Å². The molecule has 2 rings (SSSR count). The van der Waals surface area contributed by atoms with E-state index >= 15 is 0 Å². The molecule has 1 aliphatic heterocycles. The van der Waals surface area contributed by atoms with Crippen LogP contribution in [0, 0.1) is 5.82 Å². The second-order valence-corrected chi connectivity index (χ2v) is 5.50. The van der Waals surface area contributed by atoms with Gasteiger partial charge >= 0.3 is 0 Å². The van der Waals surface area contributed by atoms with Crippen LogP contribution in [0.5, 0.6) is 0 Å². The molecule has 1 aromatic carbocycles. The van der Waals surface area contributed by atoms with E-state index < -0.39 is 0 Å². The Kier molecular flexibility index (Phi) is 5.95. The van der Waals surface area contributed by atoms with Crippen molar-refractivity contribution < 1.29 is 9.13 Å². The Labute approximate surface area is 120 Å². The summed E-state index contributed by atoms with van der Waals surface area (Å²) >= 11 is 0. The summed E-state index contributed by atoms with van der Waals surface area (Å²) in [5.74, 6) is -0.149. The van der Waals surface area contributed by atoms with Crippen LogP contribution in [0.25, 0.3) is 0 Å². The zero-order valence-electron chi connectivity index (χ0n) is 12.3. The van der Waals surface area contributed by atoms with Gasteiger partial charge in [-0.1, -0.05) is 19.1 Å². The second-order valence-electron chi connectivity index (χ2n) is 5.50. The van der Waals surface area contributed by atoms with Gasteiger partial charge in [0.25, 0.3) is 0 Å². The maximum atomic E-state index is 14.0. The van der Waals surface area contributed by atoms with Gasteiger partial charge in [0, 0.05) is 31.8 Å². The van der Waals surface area contributed by atoms with Gasteiger partial charge in [0.2, 0.25) is 0 Å². The lowest BCUT2D eigenvalue weighted by Gasteiger charge is -2.32. The Morgan fingerprint density at radius 3 is 3.00 bits per heavy atom. The highest BCUT2D eigenvalue weighted by molar-refractivity contribution is 5.24. The highest BCUT2D eigenvalue weighted by atomic mass is 19.1. The van der Waals surface area contributed by atoms with Crippen molar-refractivity contribution in [2.75, 3.05) is 19.7 Å². The van der Waals surface area contributed by atoms with Gasteiger partial charge in [-0.25, -0.2) is 4.39 Å². The molecule has 0 spiro atoms. The number of nitrogens with two attached hydrogens (primary N) is 1. The van der Waals surface area contributed by atoms with E-state index in [1.807, 2.05) is 12.1 Å². The van der Waals surface area contributed by atoms with Gasteiger partial charge in [0.1, 0.15) is 5.82 Å². The lowest BCUT2D eigenvalue weighted by Crippen LogP contribution is -2.39. The molecule has 0 radical (unpaired) electrons. The molecule has 1 aromatic rings. The average Bonchev–Trinajstić information content (AvgIpc) is 2.47. The Bertz CT molecular complexity index is 425. The van der Waals surface area contributed by atoms with Gasteiger partial charge in [0.15, 0.2) is 0 Å². The van der Waals surface area contributed by atoms with Crippen LogP contribution in [0.1, 0.15) is 37.3 Å². The highest BCUT2D eigenvalue weighted by Gasteiger charge is 2.21. The van der Waals surface area contributed by atoms with Crippen molar-refractivity contribution in [3.05, 3.63) is 35.1 Å². The third-order valence-electron chi connectivity index (χ3n) is 3.77. The van der Waals surface area contributed by atoms with E-state index in [1.54, 1.807) is 6.07 Å². The summed E-state index contributed by atoms with van der Waals surface area (Å²) in [6.45, 7) is 5.89. The largest absolute Gasteiger partial charge is 0.377 e. The van der Waals surface area contributed by atoms with Crippen LogP contribution in [0.2, 0.25) is 0 Å². The van der Waals surface area contributed by atoms with Crippen LogP contribution in [-0.2, 0) is 17.8 Å². The maximum Gasteiger partial charge on any atom is 0.128 e. The number of likely N-dealkylation sites (tertiary alicyclic amines) is 1. The minimum atomic E-state index is -0.149. The molecule has 1 unspecified atom stereocenters. The quantitative estimate of drug-likeness (QED) is 0.870. The van der Waals surface area contributed by atoms with E-state index in [4.69, 9.17) is 10.5 Å². The zero-order chi connectivity index (χ0) is 14.4. The molecule has 0 bridgehead atoms. The van der Waals surface area contributed by atoms with Crippen molar-refractivity contribution >= 4 is 0 Å². The van der Waals surface area contributed by atoms with Gasteiger partial charge in [-0.05, 0) is 37.4 Å². The first-order valence-electron chi connectivity index (χ1n) is 7.54. The van der Waals surface area contributed by atoms with Crippen molar-refractivity contribution in [3.8, 4) is 0 Å². The van der Waals surface area contributed by atoms with E-state index in [9.17, 15) is 4.39 Å². The molecule has 112 valence electrons. The summed E-state index contributed by atoms with van der Waals surface area (Å²) in [6.07, 6.45) is 3.59. The summed E-state index contributed by atoms with van der Waals surface area (Å²) in [6, 6.07) is 5.31. The van der Waals surface area contributed by atoms with Gasteiger partial charge in [-0.2, -0.15) is 0 Å². The first kappa shape index (κ1) is 15.4. The fourth-order valence-electron chi connectivity index (χ4n) is 2.66. The Morgan fingerprint density at radius 2 is 2.30 bits per heavy atom. The molecule has 0 aromatic heterocycles. The third-order valence-corrected chi connectivity index (χ3v) is 3.77. The topological polar surface area (TPSA) is 38.5 Å². The molecule has 0 aliphatic carbocycles. The normalized spacial score (nSPS) is 20.2. The van der Waals surface area contributed by atoms with Crippen LogP contribution in [0.4, 0.5) is 4.39 Å². The van der Waals surface area contributed by atoms with Crippen LogP contribution >= 0.6 is 0 Å². The Balaban J connectivity index is 1.92. The lowest BCUT2D eigenvalue weighted by atomic mass is 10.1. The summed E-state index contributed by atoms with van der Waals surface area (Å²) < 4.78 is 19.8. The number of hydrogen-bond donors (Lipinski definition) is 1. The molecule has 0 saturated carbocycles. The van der Waals surface area contributed by atoms with E-state index in [1.165, 1.54) is 0 Å². The fourth-order valence-corrected chi connectivity index (χ4v) is 2.66. The number of hydrogen-bond acceptors (Lipinski definition) is 3. The summed E-state index contributed by atoms with van der Waals surface area (Å²) in [5, 5.41) is 0.